The maximum Gasteiger partial charge on any atom is 0.326 e. The Morgan fingerprint density at radius 3 is 2.74 bits per heavy atom. The van der Waals surface area contributed by atoms with Crippen molar-refractivity contribution in [2.75, 3.05) is 11.9 Å². The van der Waals surface area contributed by atoms with E-state index in [4.69, 9.17) is 5.11 Å². The van der Waals surface area contributed by atoms with Crippen LogP contribution in [0.25, 0.3) is 10.2 Å². The second kappa shape index (κ2) is 7.36. The summed E-state index contributed by atoms with van der Waals surface area (Å²) in [6, 6.07) is 1.08. The minimum atomic E-state index is -1.02. The molecule has 0 saturated heterocycles. The van der Waals surface area contributed by atoms with Gasteiger partial charge in [0.1, 0.15) is 23.0 Å². The molecule has 8 heteroatoms. The summed E-state index contributed by atoms with van der Waals surface area (Å²) >= 11 is 1.55. The predicted octanol–water partition coefficient (Wildman–Crippen LogP) is 2.03. The summed E-state index contributed by atoms with van der Waals surface area (Å²) in [5, 5.41) is 15.5. The lowest BCUT2D eigenvalue weighted by Gasteiger charge is -2.16. The molecule has 0 aliphatic heterocycles. The number of amides is 1. The lowest BCUT2D eigenvalue weighted by Crippen LogP contribution is -2.44. The highest BCUT2D eigenvalue weighted by molar-refractivity contribution is 7.18. The highest BCUT2D eigenvalue weighted by Gasteiger charge is 2.21. The van der Waals surface area contributed by atoms with Crippen LogP contribution in [0.1, 0.15) is 25.1 Å². The molecule has 3 N–H and O–H groups in total. The van der Waals surface area contributed by atoms with E-state index in [-0.39, 0.29) is 18.4 Å². The number of aromatic nitrogens is 2. The second-order valence-corrected chi connectivity index (χ2v) is 6.97. The van der Waals surface area contributed by atoms with Crippen molar-refractivity contribution >= 4 is 39.2 Å². The number of aryl methyl sites for hydroxylation is 1. The van der Waals surface area contributed by atoms with Gasteiger partial charge in [-0.25, -0.2) is 14.8 Å². The Morgan fingerprint density at radius 2 is 2.09 bits per heavy atom. The first-order valence-electron chi connectivity index (χ1n) is 7.34. The summed E-state index contributed by atoms with van der Waals surface area (Å²) in [4.78, 5) is 33.4. The van der Waals surface area contributed by atoms with Gasteiger partial charge in [0.25, 0.3) is 0 Å². The van der Waals surface area contributed by atoms with Gasteiger partial charge in [0.2, 0.25) is 5.91 Å². The predicted molar refractivity (Wildman–Crippen MR) is 89.7 cm³/mol. The van der Waals surface area contributed by atoms with Crippen molar-refractivity contribution < 1.29 is 14.7 Å². The molecule has 0 spiro atoms. The molecule has 1 amide bonds. The van der Waals surface area contributed by atoms with Crippen molar-refractivity contribution in [3.8, 4) is 0 Å². The minimum Gasteiger partial charge on any atom is -0.480 e. The van der Waals surface area contributed by atoms with Crippen molar-refractivity contribution in [1.82, 2.24) is 15.3 Å². The largest absolute Gasteiger partial charge is 0.480 e. The third-order valence-corrected chi connectivity index (χ3v) is 4.17. The van der Waals surface area contributed by atoms with Gasteiger partial charge in [-0.1, -0.05) is 13.8 Å². The third-order valence-electron chi connectivity index (χ3n) is 3.21. The van der Waals surface area contributed by atoms with Crippen LogP contribution >= 0.6 is 11.3 Å². The van der Waals surface area contributed by atoms with E-state index in [0.717, 1.165) is 15.1 Å². The maximum absolute atomic E-state index is 12.0. The number of aliphatic carboxylic acids is 1. The van der Waals surface area contributed by atoms with Crippen LogP contribution in [0.3, 0.4) is 0 Å². The molecule has 1 atom stereocenters. The molecule has 7 nitrogen and oxygen atoms in total. The van der Waals surface area contributed by atoms with Crippen LogP contribution in [0.4, 0.5) is 5.82 Å². The first-order chi connectivity index (χ1) is 10.9. The average Bonchev–Trinajstić information content (AvgIpc) is 2.84. The van der Waals surface area contributed by atoms with E-state index >= 15 is 0 Å². The van der Waals surface area contributed by atoms with Crippen molar-refractivity contribution in [3.63, 3.8) is 0 Å². The number of fused-ring (bicyclic) bond motifs is 1. The number of nitrogens with one attached hydrogen (secondary N) is 2. The first-order valence-corrected chi connectivity index (χ1v) is 8.15. The fourth-order valence-corrected chi connectivity index (χ4v) is 3.07. The summed E-state index contributed by atoms with van der Waals surface area (Å²) in [5.74, 6) is -0.647. The van der Waals surface area contributed by atoms with E-state index in [0.29, 0.717) is 12.2 Å². The molecule has 0 aromatic carbocycles. The molecule has 23 heavy (non-hydrogen) atoms. The van der Waals surface area contributed by atoms with Crippen molar-refractivity contribution in [2.45, 2.75) is 33.2 Å². The number of hydrogen-bond donors (Lipinski definition) is 3. The van der Waals surface area contributed by atoms with Gasteiger partial charge in [-0.3, -0.25) is 4.79 Å². The molecule has 1 unspecified atom stereocenters. The van der Waals surface area contributed by atoms with Gasteiger partial charge in [0.05, 0.1) is 11.9 Å². The van der Waals surface area contributed by atoms with Crippen LogP contribution in [0, 0.1) is 12.8 Å². The quantitative estimate of drug-likeness (QED) is 0.714. The van der Waals surface area contributed by atoms with E-state index in [9.17, 15) is 9.59 Å². The normalized spacial score (nSPS) is 12.3. The third kappa shape index (κ3) is 4.62. The Balaban J connectivity index is 1.99. The highest BCUT2D eigenvalue weighted by atomic mass is 32.1. The molecule has 0 aliphatic rings. The molecular weight excluding hydrogens is 316 g/mol. The molecule has 0 bridgehead atoms. The highest BCUT2D eigenvalue weighted by Crippen LogP contribution is 2.27. The van der Waals surface area contributed by atoms with Gasteiger partial charge in [-0.05, 0) is 25.3 Å². The molecule has 2 aromatic heterocycles. The number of anilines is 1. The van der Waals surface area contributed by atoms with E-state index < -0.39 is 12.0 Å². The number of nitrogens with zero attached hydrogens (tertiary/aromatic N) is 2. The molecule has 2 aromatic rings. The van der Waals surface area contributed by atoms with Gasteiger partial charge in [-0.15, -0.1) is 11.3 Å². The van der Waals surface area contributed by atoms with E-state index in [1.54, 1.807) is 11.3 Å². The van der Waals surface area contributed by atoms with E-state index in [1.807, 2.05) is 26.8 Å². The summed E-state index contributed by atoms with van der Waals surface area (Å²) < 4.78 is 0. The van der Waals surface area contributed by atoms with Gasteiger partial charge in [0.15, 0.2) is 0 Å². The SMILES string of the molecule is Cc1cc2c(NCC(=O)NC(CC(C)C)C(=O)O)ncnc2s1. The Hall–Kier alpha value is -2.22. The number of carbonyl (C=O) groups excluding carboxylic acids is 1. The van der Waals surface area contributed by atoms with Gasteiger partial charge in [-0.2, -0.15) is 0 Å². The van der Waals surface area contributed by atoms with Gasteiger partial charge in [0, 0.05) is 4.88 Å². The van der Waals surface area contributed by atoms with Gasteiger partial charge >= 0.3 is 5.97 Å². The number of rotatable bonds is 7. The summed E-state index contributed by atoms with van der Waals surface area (Å²) in [7, 11) is 0. The van der Waals surface area contributed by atoms with E-state index in [2.05, 4.69) is 20.6 Å². The fraction of sp³-hybridized carbons (Fsp3) is 0.467. The number of carboxylic acids is 1. The smallest absolute Gasteiger partial charge is 0.326 e. The zero-order chi connectivity index (χ0) is 17.0. The van der Waals surface area contributed by atoms with Crippen molar-refractivity contribution in [3.05, 3.63) is 17.3 Å². The van der Waals surface area contributed by atoms with Crippen LogP contribution in [-0.4, -0.2) is 39.5 Å². The topological polar surface area (TPSA) is 104 Å². The number of hydrogen-bond acceptors (Lipinski definition) is 6. The number of carboxylic acid groups (broad SMARTS) is 1. The van der Waals surface area contributed by atoms with Crippen LogP contribution < -0.4 is 10.6 Å². The fourth-order valence-electron chi connectivity index (χ4n) is 2.22. The van der Waals surface area contributed by atoms with E-state index in [1.165, 1.54) is 6.33 Å². The van der Waals surface area contributed by atoms with Crippen LogP contribution in [0.15, 0.2) is 12.4 Å². The second-order valence-electron chi connectivity index (χ2n) is 5.74. The lowest BCUT2D eigenvalue weighted by molar-refractivity contribution is -0.142. The summed E-state index contributed by atoms with van der Waals surface area (Å²) in [6.07, 6.45) is 1.83. The molecule has 124 valence electrons. The first kappa shape index (κ1) is 17.1. The standard InChI is InChI=1S/C15H20N4O3S/c1-8(2)4-11(15(21)22)19-12(20)6-16-13-10-5-9(3)23-14(10)18-7-17-13/h5,7-8,11H,4,6H2,1-3H3,(H,19,20)(H,21,22)(H,16,17,18). The van der Waals surface area contributed by atoms with Crippen LogP contribution in [0.2, 0.25) is 0 Å². The molecule has 0 radical (unpaired) electrons. The number of carbonyl (C=O) groups is 2. The molecule has 2 heterocycles. The molecule has 0 aliphatic carbocycles. The summed E-state index contributed by atoms with van der Waals surface area (Å²) in [5.41, 5.74) is 0. The zero-order valence-electron chi connectivity index (χ0n) is 13.3. The van der Waals surface area contributed by atoms with Crippen LogP contribution in [-0.2, 0) is 9.59 Å². The van der Waals surface area contributed by atoms with Gasteiger partial charge < -0.3 is 15.7 Å². The Bertz CT molecular complexity index is 714. The minimum absolute atomic E-state index is 0.0388. The van der Waals surface area contributed by atoms with Crippen molar-refractivity contribution in [2.24, 2.45) is 5.92 Å². The molecule has 2 rings (SSSR count). The zero-order valence-corrected chi connectivity index (χ0v) is 14.1. The average molecular weight is 336 g/mol. The molecule has 0 fully saturated rings. The molecule has 0 saturated carbocycles. The monoisotopic (exact) mass is 336 g/mol. The Labute approximate surface area is 138 Å². The van der Waals surface area contributed by atoms with Crippen LogP contribution in [0.5, 0.6) is 0 Å². The lowest BCUT2D eigenvalue weighted by atomic mass is 10.0. The maximum atomic E-state index is 12.0. The van der Waals surface area contributed by atoms with Crippen molar-refractivity contribution in [1.29, 1.82) is 0 Å². The summed E-state index contributed by atoms with van der Waals surface area (Å²) in [6.45, 7) is 5.77. The Morgan fingerprint density at radius 1 is 1.35 bits per heavy atom. The number of thiophene rings is 1. The molecular formula is C15H20N4O3S. The Kier molecular flexibility index (Phi) is 5.49.